The summed E-state index contributed by atoms with van der Waals surface area (Å²) in [6.07, 6.45) is 2.33. The number of para-hydroxylation sites is 1. The monoisotopic (exact) mass is 377 g/mol. The van der Waals surface area contributed by atoms with Crippen LogP contribution in [0.4, 0.5) is 11.4 Å². The van der Waals surface area contributed by atoms with Gasteiger partial charge in [-0.1, -0.05) is 37.3 Å². The second-order valence-corrected chi connectivity index (χ2v) is 8.17. The van der Waals surface area contributed by atoms with Crippen LogP contribution in [0.5, 0.6) is 0 Å². The average Bonchev–Trinajstić information content (AvgIpc) is 3.30. The number of carbonyl (C=O) groups excluding carboxylic acids is 1. The number of likely N-dealkylation sites (N-methyl/N-ethyl adjacent to an activating group) is 1. The number of benzene rings is 2. The second kappa shape index (κ2) is 7.96. The lowest BCUT2D eigenvalue weighted by molar-refractivity contribution is -0.106. The highest BCUT2D eigenvalue weighted by Crippen LogP contribution is 2.59. The van der Waals surface area contributed by atoms with E-state index in [9.17, 15) is 4.79 Å². The van der Waals surface area contributed by atoms with Gasteiger partial charge in [0.1, 0.15) is 6.29 Å². The van der Waals surface area contributed by atoms with Crippen molar-refractivity contribution in [2.45, 2.75) is 32.2 Å². The largest absolute Gasteiger partial charge is 0.385 e. The van der Waals surface area contributed by atoms with Gasteiger partial charge in [-0.25, -0.2) is 0 Å². The summed E-state index contributed by atoms with van der Waals surface area (Å²) in [6.45, 7) is 9.95. The molecule has 1 aliphatic heterocycles. The summed E-state index contributed by atoms with van der Waals surface area (Å²) >= 11 is 0. The molecule has 2 aromatic carbocycles. The first-order valence-electron chi connectivity index (χ1n) is 10.5. The third kappa shape index (κ3) is 3.53. The van der Waals surface area contributed by atoms with Crippen LogP contribution in [-0.2, 0) is 16.8 Å². The van der Waals surface area contributed by atoms with E-state index in [2.05, 4.69) is 71.4 Å². The Morgan fingerprint density at radius 2 is 1.96 bits per heavy atom. The zero-order chi connectivity index (χ0) is 19.6. The quantitative estimate of drug-likeness (QED) is 0.672. The summed E-state index contributed by atoms with van der Waals surface area (Å²) < 4.78 is 0. The molecular formula is C24H31N3O. The minimum Gasteiger partial charge on any atom is -0.385 e. The van der Waals surface area contributed by atoms with Crippen LogP contribution >= 0.6 is 0 Å². The van der Waals surface area contributed by atoms with Crippen LogP contribution in [0, 0.1) is 5.92 Å². The fourth-order valence-corrected chi connectivity index (χ4v) is 4.86. The summed E-state index contributed by atoms with van der Waals surface area (Å²) in [5.74, 6) is 0.830. The summed E-state index contributed by atoms with van der Waals surface area (Å²) in [6, 6.07) is 17.3. The first-order valence-corrected chi connectivity index (χ1v) is 10.5. The molecule has 2 atom stereocenters. The zero-order valence-corrected chi connectivity index (χ0v) is 17.0. The van der Waals surface area contributed by atoms with Gasteiger partial charge in [0.25, 0.3) is 0 Å². The van der Waals surface area contributed by atoms with Crippen molar-refractivity contribution in [2.75, 3.05) is 42.9 Å². The van der Waals surface area contributed by atoms with Gasteiger partial charge in [0.05, 0.1) is 6.54 Å². The molecule has 1 saturated carbocycles. The molecule has 2 aromatic rings. The van der Waals surface area contributed by atoms with Crippen molar-refractivity contribution in [3.63, 3.8) is 0 Å². The van der Waals surface area contributed by atoms with Crippen LogP contribution in [0.15, 0.2) is 48.5 Å². The van der Waals surface area contributed by atoms with Crippen LogP contribution in [0.3, 0.4) is 0 Å². The molecule has 1 aliphatic carbocycles. The number of nitrogens with one attached hydrogen (secondary N) is 1. The number of fused-ring (bicyclic) bond motifs is 1. The number of rotatable bonds is 9. The van der Waals surface area contributed by atoms with E-state index < -0.39 is 0 Å². The number of hydrogen-bond donors (Lipinski definition) is 1. The van der Waals surface area contributed by atoms with Crippen molar-refractivity contribution in [2.24, 2.45) is 5.92 Å². The van der Waals surface area contributed by atoms with E-state index in [0.29, 0.717) is 12.0 Å². The van der Waals surface area contributed by atoms with Gasteiger partial charge in [0, 0.05) is 43.0 Å². The Morgan fingerprint density at radius 3 is 2.64 bits per heavy atom. The Morgan fingerprint density at radius 1 is 1.18 bits per heavy atom. The number of carbonyl (C=O) groups is 1. The Kier molecular flexibility index (Phi) is 5.40. The summed E-state index contributed by atoms with van der Waals surface area (Å²) in [4.78, 5) is 16.1. The van der Waals surface area contributed by atoms with Crippen molar-refractivity contribution < 1.29 is 4.79 Å². The molecule has 2 fully saturated rings. The van der Waals surface area contributed by atoms with Crippen LogP contribution < -0.4 is 10.2 Å². The molecule has 0 radical (unpaired) electrons. The van der Waals surface area contributed by atoms with E-state index >= 15 is 0 Å². The van der Waals surface area contributed by atoms with Gasteiger partial charge in [-0.05, 0) is 55.1 Å². The Bertz CT molecular complexity index is 819. The molecule has 2 aliphatic rings. The first kappa shape index (κ1) is 19.0. The van der Waals surface area contributed by atoms with Crippen LogP contribution in [-0.4, -0.2) is 43.9 Å². The van der Waals surface area contributed by atoms with Gasteiger partial charge in [-0.15, -0.1) is 0 Å². The minimum absolute atomic E-state index is 0.391. The highest BCUT2D eigenvalue weighted by molar-refractivity contribution is 5.63. The molecule has 28 heavy (non-hydrogen) atoms. The van der Waals surface area contributed by atoms with Gasteiger partial charge >= 0.3 is 0 Å². The maximum Gasteiger partial charge on any atom is 0.139 e. The molecule has 148 valence electrons. The lowest BCUT2D eigenvalue weighted by atomic mass is 9.94. The SMILES string of the molecule is CCNc1ccccc1CN(CC=O)c1ccc(C23CC2CN(CC)C3)cc1. The van der Waals surface area contributed by atoms with Gasteiger partial charge in [0.15, 0.2) is 0 Å². The smallest absolute Gasteiger partial charge is 0.139 e. The molecule has 4 rings (SSSR count). The zero-order valence-electron chi connectivity index (χ0n) is 17.0. The second-order valence-electron chi connectivity index (χ2n) is 8.17. The maximum atomic E-state index is 11.3. The van der Waals surface area contributed by atoms with Gasteiger partial charge in [0.2, 0.25) is 0 Å². The number of hydrogen-bond acceptors (Lipinski definition) is 4. The van der Waals surface area contributed by atoms with Crippen LogP contribution in [0.1, 0.15) is 31.4 Å². The lowest BCUT2D eigenvalue weighted by Gasteiger charge is -2.25. The van der Waals surface area contributed by atoms with Crippen molar-refractivity contribution in [3.05, 3.63) is 59.7 Å². The van der Waals surface area contributed by atoms with Gasteiger partial charge in [-0.3, -0.25) is 0 Å². The molecule has 0 bridgehead atoms. The molecule has 4 nitrogen and oxygen atoms in total. The Labute approximate surface area is 168 Å². The van der Waals surface area contributed by atoms with E-state index in [1.54, 1.807) is 0 Å². The van der Waals surface area contributed by atoms with Crippen molar-refractivity contribution >= 4 is 17.7 Å². The fourth-order valence-electron chi connectivity index (χ4n) is 4.86. The summed E-state index contributed by atoms with van der Waals surface area (Å²) in [7, 11) is 0. The van der Waals surface area contributed by atoms with Crippen LogP contribution in [0.25, 0.3) is 0 Å². The molecule has 1 N–H and O–H groups in total. The van der Waals surface area contributed by atoms with Gasteiger partial charge in [-0.2, -0.15) is 0 Å². The minimum atomic E-state index is 0.391. The molecule has 0 aromatic heterocycles. The maximum absolute atomic E-state index is 11.3. The number of piperidine rings is 1. The van der Waals surface area contributed by atoms with E-state index in [1.807, 2.05) is 6.07 Å². The summed E-state index contributed by atoms with van der Waals surface area (Å²) in [5.41, 5.74) is 5.33. The average molecular weight is 378 g/mol. The number of aldehydes is 1. The highest BCUT2D eigenvalue weighted by atomic mass is 16.1. The molecule has 4 heteroatoms. The third-order valence-corrected chi connectivity index (χ3v) is 6.51. The standard InChI is InChI=1S/C24H31N3O/c1-3-25-23-8-6-5-7-19(23)16-27(13-14-28)22-11-9-20(10-12-22)24-15-21(24)17-26(4-2)18-24/h5-12,14,21,25H,3-4,13,15-18H2,1-2H3. The predicted molar refractivity (Wildman–Crippen MR) is 116 cm³/mol. The fraction of sp³-hybridized carbons (Fsp3) is 0.458. The van der Waals surface area contributed by atoms with Crippen molar-refractivity contribution in [1.29, 1.82) is 0 Å². The molecule has 1 heterocycles. The molecule has 0 spiro atoms. The molecular weight excluding hydrogens is 346 g/mol. The predicted octanol–water partition coefficient (Wildman–Crippen LogP) is 3.92. The van der Waals surface area contributed by atoms with Crippen LogP contribution in [0.2, 0.25) is 0 Å². The number of anilines is 2. The van der Waals surface area contributed by atoms with Crippen molar-refractivity contribution in [3.8, 4) is 0 Å². The van der Waals surface area contributed by atoms with Gasteiger partial charge < -0.3 is 19.9 Å². The first-order chi connectivity index (χ1) is 13.7. The number of likely N-dealkylation sites (tertiary alicyclic amines) is 1. The number of nitrogens with zero attached hydrogens (tertiary/aromatic N) is 2. The molecule has 2 unspecified atom stereocenters. The highest BCUT2D eigenvalue weighted by Gasteiger charge is 2.60. The summed E-state index contributed by atoms with van der Waals surface area (Å²) in [5, 5.41) is 3.42. The molecule has 0 amide bonds. The van der Waals surface area contributed by atoms with E-state index in [1.165, 1.54) is 30.6 Å². The van der Waals surface area contributed by atoms with E-state index in [-0.39, 0.29) is 0 Å². The lowest BCUT2D eigenvalue weighted by Crippen LogP contribution is -2.27. The third-order valence-electron chi connectivity index (χ3n) is 6.51. The Hall–Kier alpha value is -2.33. The van der Waals surface area contributed by atoms with Crippen molar-refractivity contribution in [1.82, 2.24) is 4.90 Å². The molecule has 1 saturated heterocycles. The normalized spacial score (nSPS) is 23.3. The van der Waals surface area contributed by atoms with E-state index in [0.717, 1.165) is 43.2 Å². The van der Waals surface area contributed by atoms with E-state index in [4.69, 9.17) is 0 Å². The topological polar surface area (TPSA) is 35.6 Å². The Balaban J connectivity index is 1.52.